The van der Waals surface area contributed by atoms with Gasteiger partial charge in [-0.15, -0.1) is 11.8 Å². The number of urea groups is 1. The highest BCUT2D eigenvalue weighted by Gasteiger charge is 2.48. The highest BCUT2D eigenvalue weighted by atomic mass is 32.2. The number of hydrogen-bond acceptors (Lipinski definition) is 3. The molecular formula is C18H20N2O2S. The molecule has 2 heterocycles. The molecule has 1 aromatic rings. The van der Waals surface area contributed by atoms with E-state index in [9.17, 15) is 9.59 Å². The average molecular weight is 328 g/mol. The number of rotatable bonds is 2. The van der Waals surface area contributed by atoms with Crippen molar-refractivity contribution in [3.8, 4) is 0 Å². The third kappa shape index (κ3) is 2.38. The first kappa shape index (κ1) is 14.8. The number of nitrogens with one attached hydrogen (secondary N) is 1. The number of anilines is 1. The van der Waals surface area contributed by atoms with Gasteiger partial charge in [0.2, 0.25) is 5.91 Å². The number of thioether (sulfide) groups is 1. The molecule has 0 aromatic heterocycles. The standard InChI is InChI=1S/C18H20N2O2S/c1-2-11-7-9-12(10-8-11)20-17(21)15-13-5-3-4-6-14(13)23-16(15)19-18(20)22/h7-10,15-16H,2-6H2,1H3,(H,19,22)/t15-,16+/m0/s1. The quantitative estimate of drug-likeness (QED) is 0.898. The maximum absolute atomic E-state index is 13.0. The maximum atomic E-state index is 13.0. The Morgan fingerprint density at radius 2 is 1.91 bits per heavy atom. The fraction of sp³-hybridized carbons (Fsp3) is 0.444. The molecular weight excluding hydrogens is 308 g/mol. The summed E-state index contributed by atoms with van der Waals surface area (Å²) in [5.74, 6) is -0.249. The van der Waals surface area contributed by atoms with E-state index in [0.717, 1.165) is 25.7 Å². The van der Waals surface area contributed by atoms with Gasteiger partial charge in [0.25, 0.3) is 0 Å². The lowest BCUT2D eigenvalue weighted by atomic mass is 9.87. The van der Waals surface area contributed by atoms with E-state index in [4.69, 9.17) is 0 Å². The van der Waals surface area contributed by atoms with E-state index in [1.807, 2.05) is 24.3 Å². The van der Waals surface area contributed by atoms with E-state index in [1.54, 1.807) is 11.8 Å². The first-order valence-electron chi connectivity index (χ1n) is 8.31. The van der Waals surface area contributed by atoms with Crippen LogP contribution in [0.2, 0.25) is 0 Å². The second-order valence-electron chi connectivity index (χ2n) is 6.31. The maximum Gasteiger partial charge on any atom is 0.329 e. The Morgan fingerprint density at radius 3 is 2.65 bits per heavy atom. The van der Waals surface area contributed by atoms with Gasteiger partial charge in [-0.1, -0.05) is 19.1 Å². The highest BCUT2D eigenvalue weighted by Crippen LogP contribution is 2.49. The summed E-state index contributed by atoms with van der Waals surface area (Å²) >= 11 is 1.69. The van der Waals surface area contributed by atoms with Crippen molar-refractivity contribution in [2.45, 2.75) is 44.4 Å². The van der Waals surface area contributed by atoms with Gasteiger partial charge in [0.15, 0.2) is 0 Å². The number of amides is 3. The van der Waals surface area contributed by atoms with Crippen molar-refractivity contribution < 1.29 is 9.59 Å². The number of hydrogen-bond donors (Lipinski definition) is 1. The monoisotopic (exact) mass is 328 g/mol. The molecule has 1 aliphatic carbocycles. The van der Waals surface area contributed by atoms with E-state index in [0.29, 0.717) is 5.69 Å². The number of carbonyl (C=O) groups is 2. The molecule has 0 radical (unpaired) electrons. The van der Waals surface area contributed by atoms with Crippen molar-refractivity contribution >= 4 is 29.4 Å². The number of aryl methyl sites for hydroxylation is 1. The molecule has 1 aromatic carbocycles. The smallest absolute Gasteiger partial charge is 0.324 e. The molecule has 0 saturated carbocycles. The summed E-state index contributed by atoms with van der Waals surface area (Å²) in [7, 11) is 0. The molecule has 3 amide bonds. The molecule has 4 rings (SSSR count). The molecule has 120 valence electrons. The fourth-order valence-corrected chi connectivity index (χ4v) is 5.24. The lowest BCUT2D eigenvalue weighted by Crippen LogP contribution is -2.58. The average Bonchev–Trinajstić information content (AvgIpc) is 2.93. The van der Waals surface area contributed by atoms with Crippen LogP contribution in [-0.2, 0) is 11.2 Å². The van der Waals surface area contributed by atoms with Gasteiger partial charge in [-0.3, -0.25) is 4.79 Å². The van der Waals surface area contributed by atoms with Crippen LogP contribution in [0, 0.1) is 5.92 Å². The Hall–Kier alpha value is -1.75. The van der Waals surface area contributed by atoms with Gasteiger partial charge in [-0.25, -0.2) is 9.69 Å². The van der Waals surface area contributed by atoms with Gasteiger partial charge in [0, 0.05) is 0 Å². The summed E-state index contributed by atoms with van der Waals surface area (Å²) in [5.41, 5.74) is 3.13. The van der Waals surface area contributed by atoms with E-state index in [2.05, 4.69) is 12.2 Å². The van der Waals surface area contributed by atoms with Crippen molar-refractivity contribution in [3.63, 3.8) is 0 Å². The third-order valence-electron chi connectivity index (χ3n) is 4.96. The second-order valence-corrected chi connectivity index (χ2v) is 7.55. The van der Waals surface area contributed by atoms with Crippen LogP contribution in [-0.4, -0.2) is 17.3 Å². The molecule has 0 bridgehead atoms. The van der Waals surface area contributed by atoms with Gasteiger partial charge < -0.3 is 5.32 Å². The first-order valence-corrected chi connectivity index (χ1v) is 9.19. The van der Waals surface area contributed by atoms with E-state index >= 15 is 0 Å². The largest absolute Gasteiger partial charge is 0.329 e. The topological polar surface area (TPSA) is 49.4 Å². The highest BCUT2D eigenvalue weighted by molar-refractivity contribution is 8.04. The molecule has 5 heteroatoms. The molecule has 0 spiro atoms. The van der Waals surface area contributed by atoms with Gasteiger partial charge in [-0.2, -0.15) is 0 Å². The number of carbonyl (C=O) groups excluding carboxylic acids is 2. The van der Waals surface area contributed by atoms with Crippen LogP contribution in [0.1, 0.15) is 38.2 Å². The van der Waals surface area contributed by atoms with Gasteiger partial charge in [0.05, 0.1) is 17.0 Å². The Bertz CT molecular complexity index is 695. The third-order valence-corrected chi connectivity index (χ3v) is 6.36. The number of imide groups is 1. The van der Waals surface area contributed by atoms with Crippen molar-refractivity contribution in [3.05, 3.63) is 40.3 Å². The van der Waals surface area contributed by atoms with Crippen molar-refractivity contribution in [1.82, 2.24) is 5.32 Å². The van der Waals surface area contributed by atoms with Crippen LogP contribution >= 0.6 is 11.8 Å². The summed E-state index contributed by atoms with van der Waals surface area (Å²) in [5, 5.41) is 2.92. The van der Waals surface area contributed by atoms with Crippen molar-refractivity contribution in [1.29, 1.82) is 0 Å². The van der Waals surface area contributed by atoms with Crippen molar-refractivity contribution in [2.24, 2.45) is 5.92 Å². The number of nitrogens with zero attached hydrogens (tertiary/aromatic N) is 1. The van der Waals surface area contributed by atoms with Gasteiger partial charge in [0.1, 0.15) is 0 Å². The lowest BCUT2D eigenvalue weighted by molar-refractivity contribution is -0.121. The SMILES string of the molecule is CCc1ccc(N2C(=O)N[C@@H]3SC4=C(CCCC4)[C@@H]3C2=O)cc1. The molecule has 1 fully saturated rings. The molecule has 2 aliphatic heterocycles. The molecule has 1 N–H and O–H groups in total. The summed E-state index contributed by atoms with van der Waals surface area (Å²) in [6.07, 6.45) is 5.33. The predicted molar refractivity (Wildman–Crippen MR) is 92.2 cm³/mol. The van der Waals surface area contributed by atoms with Crippen LogP contribution < -0.4 is 10.2 Å². The van der Waals surface area contributed by atoms with Crippen LogP contribution in [0.4, 0.5) is 10.5 Å². The zero-order valence-corrected chi connectivity index (χ0v) is 14.0. The Balaban J connectivity index is 1.67. The van der Waals surface area contributed by atoms with Crippen LogP contribution in [0.3, 0.4) is 0 Å². The second kappa shape index (κ2) is 5.71. The van der Waals surface area contributed by atoms with Gasteiger partial charge >= 0.3 is 6.03 Å². The molecule has 4 nitrogen and oxygen atoms in total. The number of fused-ring (bicyclic) bond motifs is 2. The Labute approximate surface area is 140 Å². The van der Waals surface area contributed by atoms with Crippen LogP contribution in [0.25, 0.3) is 0 Å². The minimum absolute atomic E-state index is 0.0672. The van der Waals surface area contributed by atoms with Crippen LogP contribution in [0.5, 0.6) is 0 Å². The molecule has 2 atom stereocenters. The minimum Gasteiger partial charge on any atom is -0.324 e. The summed E-state index contributed by atoms with van der Waals surface area (Å²) in [6.45, 7) is 2.09. The fourth-order valence-electron chi connectivity index (χ4n) is 3.71. The lowest BCUT2D eigenvalue weighted by Gasteiger charge is -2.34. The van der Waals surface area contributed by atoms with E-state index < -0.39 is 0 Å². The summed E-state index contributed by atoms with van der Waals surface area (Å²) < 4.78 is 0. The minimum atomic E-state index is -0.298. The summed E-state index contributed by atoms with van der Waals surface area (Å²) in [6, 6.07) is 7.41. The van der Waals surface area contributed by atoms with E-state index in [-0.39, 0.29) is 23.2 Å². The molecule has 0 unspecified atom stereocenters. The molecule has 1 saturated heterocycles. The number of benzene rings is 1. The van der Waals surface area contributed by atoms with Gasteiger partial charge in [-0.05, 0) is 60.3 Å². The Kier molecular flexibility index (Phi) is 3.68. The van der Waals surface area contributed by atoms with Crippen molar-refractivity contribution in [2.75, 3.05) is 4.90 Å². The zero-order valence-electron chi connectivity index (χ0n) is 13.2. The zero-order chi connectivity index (χ0) is 16.0. The number of allylic oxidation sites excluding steroid dienone is 1. The Morgan fingerprint density at radius 1 is 1.17 bits per heavy atom. The summed E-state index contributed by atoms with van der Waals surface area (Å²) in [4.78, 5) is 28.2. The van der Waals surface area contributed by atoms with Crippen LogP contribution in [0.15, 0.2) is 34.7 Å². The first-order chi connectivity index (χ1) is 11.2. The normalized spacial score (nSPS) is 26.9. The molecule has 23 heavy (non-hydrogen) atoms. The predicted octanol–water partition coefficient (Wildman–Crippen LogP) is 3.82. The molecule has 3 aliphatic rings. The van der Waals surface area contributed by atoms with E-state index in [1.165, 1.54) is 27.4 Å².